The van der Waals surface area contributed by atoms with Crippen LogP contribution in [0.5, 0.6) is 0 Å². The van der Waals surface area contributed by atoms with Crippen molar-refractivity contribution >= 4 is 16.8 Å². The van der Waals surface area contributed by atoms with Gasteiger partial charge in [-0.15, -0.1) is 0 Å². The van der Waals surface area contributed by atoms with Crippen LogP contribution in [0, 0.1) is 11.8 Å². The second-order valence-electron chi connectivity index (χ2n) is 7.21. The van der Waals surface area contributed by atoms with E-state index in [-0.39, 0.29) is 5.24 Å². The van der Waals surface area contributed by atoms with Crippen molar-refractivity contribution in [2.24, 2.45) is 11.8 Å². The fourth-order valence-corrected chi connectivity index (χ4v) is 4.14. The van der Waals surface area contributed by atoms with Gasteiger partial charge in [0.05, 0.1) is 18.8 Å². The number of allylic oxidation sites excluding steroid dienone is 2. The maximum Gasteiger partial charge on any atom is 0.221 e. The minimum absolute atomic E-state index is 0.235. The van der Waals surface area contributed by atoms with Crippen molar-refractivity contribution in [3.05, 3.63) is 12.2 Å². The van der Waals surface area contributed by atoms with E-state index in [0.717, 1.165) is 32.5 Å². The molecule has 0 aromatic rings. The molecule has 0 spiro atoms. The second-order valence-corrected chi connectivity index (χ2v) is 7.63. The molecule has 0 saturated carbocycles. The van der Waals surface area contributed by atoms with Gasteiger partial charge in [0.1, 0.15) is 0 Å². The maximum absolute atomic E-state index is 10.7. The van der Waals surface area contributed by atoms with Gasteiger partial charge in [-0.2, -0.15) is 0 Å². The molecule has 2 rings (SSSR count). The topological polar surface area (TPSA) is 35.5 Å². The first-order valence-corrected chi connectivity index (χ1v) is 10.2. The van der Waals surface area contributed by atoms with E-state index < -0.39 is 0 Å². The van der Waals surface area contributed by atoms with Gasteiger partial charge >= 0.3 is 0 Å². The molecule has 2 bridgehead atoms. The third-order valence-corrected chi connectivity index (χ3v) is 5.55. The summed E-state index contributed by atoms with van der Waals surface area (Å²) in [5.41, 5.74) is 0. The summed E-state index contributed by atoms with van der Waals surface area (Å²) in [6, 6.07) is 0. The highest BCUT2D eigenvalue weighted by Crippen LogP contribution is 2.45. The van der Waals surface area contributed by atoms with Crippen molar-refractivity contribution in [1.82, 2.24) is 0 Å². The van der Waals surface area contributed by atoms with Crippen molar-refractivity contribution in [3.8, 4) is 0 Å². The smallest absolute Gasteiger partial charge is 0.221 e. The molecule has 2 aliphatic heterocycles. The predicted octanol–water partition coefficient (Wildman–Crippen LogP) is 5.26. The number of halogens is 1. The van der Waals surface area contributed by atoms with Gasteiger partial charge in [0.15, 0.2) is 0 Å². The van der Waals surface area contributed by atoms with E-state index in [2.05, 4.69) is 19.1 Å². The molecule has 3 nitrogen and oxygen atoms in total. The SMILES string of the molecule is CCCCCCOC[C@@H]1[C@H](C/C=C\CCCC(=O)Cl)[C@@H]2CC[C@H]1O2. The Morgan fingerprint density at radius 1 is 1.12 bits per heavy atom. The van der Waals surface area contributed by atoms with Gasteiger partial charge in [-0.3, -0.25) is 4.79 Å². The molecule has 0 unspecified atom stereocenters. The lowest BCUT2D eigenvalue weighted by Crippen LogP contribution is -2.30. The van der Waals surface area contributed by atoms with Crippen LogP contribution >= 0.6 is 11.6 Å². The standard InChI is InChI=1S/C20H33ClO3/c1-2-3-4-9-14-23-15-17-16(18-12-13-19(17)24-18)10-7-5-6-8-11-20(21)22/h5,7,16-19H,2-4,6,8-15H2,1H3/b7-5-/t16-,17+,18-,19+/m0/s1. The molecule has 0 aromatic heterocycles. The summed E-state index contributed by atoms with van der Waals surface area (Å²) >= 11 is 5.35. The van der Waals surface area contributed by atoms with Crippen LogP contribution in [0.1, 0.15) is 71.1 Å². The summed E-state index contributed by atoms with van der Waals surface area (Å²) in [5, 5.41) is -0.235. The highest BCUT2D eigenvalue weighted by Gasteiger charge is 2.48. The number of hydrogen-bond acceptors (Lipinski definition) is 3. The number of fused-ring (bicyclic) bond motifs is 2. The van der Waals surface area contributed by atoms with Crippen LogP contribution < -0.4 is 0 Å². The number of carbonyl (C=O) groups is 1. The summed E-state index contributed by atoms with van der Waals surface area (Å²) < 4.78 is 12.1. The van der Waals surface area contributed by atoms with E-state index in [1.807, 2.05) is 0 Å². The molecular formula is C20H33ClO3. The van der Waals surface area contributed by atoms with E-state index in [1.165, 1.54) is 38.5 Å². The van der Waals surface area contributed by atoms with Gasteiger partial charge in [-0.25, -0.2) is 0 Å². The lowest BCUT2D eigenvalue weighted by atomic mass is 9.78. The predicted molar refractivity (Wildman–Crippen MR) is 98.3 cm³/mol. The molecule has 2 saturated heterocycles. The number of rotatable bonds is 13. The van der Waals surface area contributed by atoms with Crippen molar-refractivity contribution < 1.29 is 14.3 Å². The summed E-state index contributed by atoms with van der Waals surface area (Å²) in [6.45, 7) is 3.98. The van der Waals surface area contributed by atoms with E-state index >= 15 is 0 Å². The minimum Gasteiger partial charge on any atom is -0.381 e. The first-order valence-electron chi connectivity index (χ1n) is 9.79. The van der Waals surface area contributed by atoms with Crippen LogP contribution in [0.4, 0.5) is 0 Å². The van der Waals surface area contributed by atoms with Crippen LogP contribution in [0.15, 0.2) is 12.2 Å². The zero-order chi connectivity index (χ0) is 17.2. The number of unbranched alkanes of at least 4 members (excludes halogenated alkanes) is 4. The van der Waals surface area contributed by atoms with Crippen LogP contribution in [0.2, 0.25) is 0 Å². The van der Waals surface area contributed by atoms with E-state index in [0.29, 0.717) is 30.5 Å². The zero-order valence-corrected chi connectivity index (χ0v) is 15.8. The van der Waals surface area contributed by atoms with Crippen LogP contribution in [0.3, 0.4) is 0 Å². The first kappa shape index (κ1) is 19.9. The van der Waals surface area contributed by atoms with Gasteiger partial charge in [0, 0.05) is 18.9 Å². The van der Waals surface area contributed by atoms with Crippen molar-refractivity contribution in [1.29, 1.82) is 0 Å². The molecule has 4 heteroatoms. The molecular weight excluding hydrogens is 324 g/mol. The van der Waals surface area contributed by atoms with E-state index in [4.69, 9.17) is 21.1 Å². The summed E-state index contributed by atoms with van der Waals surface area (Å²) in [7, 11) is 0. The fraction of sp³-hybridized carbons (Fsp3) is 0.850. The van der Waals surface area contributed by atoms with E-state index in [9.17, 15) is 4.79 Å². The third-order valence-electron chi connectivity index (χ3n) is 5.36. The van der Waals surface area contributed by atoms with Gasteiger partial charge in [-0.1, -0.05) is 38.3 Å². The monoisotopic (exact) mass is 356 g/mol. The Morgan fingerprint density at radius 3 is 2.67 bits per heavy atom. The van der Waals surface area contributed by atoms with Gasteiger partial charge in [-0.05, 0) is 56.0 Å². The molecule has 0 amide bonds. The molecule has 0 N–H and O–H groups in total. The Balaban J connectivity index is 1.65. The van der Waals surface area contributed by atoms with Crippen LogP contribution in [-0.4, -0.2) is 30.7 Å². The van der Waals surface area contributed by atoms with Crippen LogP contribution in [-0.2, 0) is 14.3 Å². The molecule has 4 atom stereocenters. The largest absolute Gasteiger partial charge is 0.381 e. The maximum atomic E-state index is 10.7. The quantitative estimate of drug-likeness (QED) is 0.256. The van der Waals surface area contributed by atoms with Gasteiger partial charge < -0.3 is 9.47 Å². The fourth-order valence-electron chi connectivity index (χ4n) is 4.01. The van der Waals surface area contributed by atoms with Crippen molar-refractivity contribution in [2.45, 2.75) is 83.3 Å². The van der Waals surface area contributed by atoms with Crippen LogP contribution in [0.25, 0.3) is 0 Å². The number of hydrogen-bond donors (Lipinski definition) is 0. The number of ether oxygens (including phenoxy) is 2. The molecule has 0 aliphatic carbocycles. The summed E-state index contributed by atoms with van der Waals surface area (Å²) in [5.74, 6) is 1.16. The van der Waals surface area contributed by atoms with Gasteiger partial charge in [0.2, 0.25) is 5.24 Å². The first-order chi connectivity index (χ1) is 11.7. The molecule has 2 heterocycles. The Kier molecular flexibility index (Phi) is 9.37. The lowest BCUT2D eigenvalue weighted by molar-refractivity contribution is -0.111. The Morgan fingerprint density at radius 2 is 1.92 bits per heavy atom. The average Bonchev–Trinajstić information content (AvgIpc) is 3.15. The third kappa shape index (κ3) is 6.50. The Bertz CT molecular complexity index is 396. The summed E-state index contributed by atoms with van der Waals surface area (Å²) in [6.07, 6.45) is 16.1. The Labute approximate surface area is 152 Å². The van der Waals surface area contributed by atoms with E-state index in [1.54, 1.807) is 0 Å². The molecule has 2 aliphatic rings. The van der Waals surface area contributed by atoms with Crippen molar-refractivity contribution in [3.63, 3.8) is 0 Å². The molecule has 24 heavy (non-hydrogen) atoms. The molecule has 2 fully saturated rings. The molecule has 0 aromatic carbocycles. The average molecular weight is 357 g/mol. The highest BCUT2D eigenvalue weighted by molar-refractivity contribution is 6.63. The zero-order valence-electron chi connectivity index (χ0n) is 15.1. The highest BCUT2D eigenvalue weighted by atomic mass is 35.5. The molecule has 138 valence electrons. The summed E-state index contributed by atoms with van der Waals surface area (Å²) in [4.78, 5) is 10.7. The van der Waals surface area contributed by atoms with Crippen molar-refractivity contribution in [2.75, 3.05) is 13.2 Å². The molecule has 0 radical (unpaired) electrons. The second kappa shape index (κ2) is 11.3. The normalized spacial score (nSPS) is 28.9. The lowest BCUT2D eigenvalue weighted by Gasteiger charge is -2.27. The van der Waals surface area contributed by atoms with Gasteiger partial charge in [0.25, 0.3) is 0 Å². The minimum atomic E-state index is -0.235. The number of carbonyl (C=O) groups excluding carboxylic acids is 1. The Hall–Kier alpha value is -0.380.